The number of fused-ring (bicyclic) bond motifs is 1. The van der Waals surface area contributed by atoms with Gasteiger partial charge in [0.25, 0.3) is 0 Å². The van der Waals surface area contributed by atoms with Gasteiger partial charge < -0.3 is 4.42 Å². The van der Waals surface area contributed by atoms with Crippen molar-refractivity contribution in [3.63, 3.8) is 0 Å². The maximum Gasteiger partial charge on any atom is 0.348 e. The van der Waals surface area contributed by atoms with Crippen molar-refractivity contribution in [2.24, 2.45) is 0 Å². The lowest BCUT2D eigenvalue weighted by Gasteiger charge is -2.00. The van der Waals surface area contributed by atoms with Crippen LogP contribution in [0, 0.1) is 0 Å². The normalized spacial score (nSPS) is 10.7. The average molecular weight is 259 g/mol. The van der Waals surface area contributed by atoms with Crippen molar-refractivity contribution in [1.29, 1.82) is 0 Å². The maximum absolute atomic E-state index is 11.8. The van der Waals surface area contributed by atoms with Crippen molar-refractivity contribution in [3.05, 3.63) is 58.0 Å². The Bertz CT molecular complexity index is 766. The minimum atomic E-state index is -0.446. The summed E-state index contributed by atoms with van der Waals surface area (Å²) in [5, 5.41) is 0.982. The van der Waals surface area contributed by atoms with Gasteiger partial charge in [0.2, 0.25) is 5.89 Å². The Hall–Kier alpha value is -2.20. The van der Waals surface area contributed by atoms with Crippen LogP contribution >= 0.6 is 11.6 Å². The molecule has 0 saturated carbocycles. The molecule has 0 spiro atoms. The van der Waals surface area contributed by atoms with E-state index in [4.69, 9.17) is 16.0 Å². The average Bonchev–Trinajstić information content (AvgIpc) is 2.39. The predicted octanol–water partition coefficient (Wildman–Crippen LogP) is 2.90. The van der Waals surface area contributed by atoms with Crippen LogP contribution in [0.1, 0.15) is 0 Å². The lowest BCUT2D eigenvalue weighted by atomic mass is 10.2. The van der Waals surface area contributed by atoms with Crippen molar-refractivity contribution in [1.82, 2.24) is 9.97 Å². The van der Waals surface area contributed by atoms with E-state index in [1.165, 1.54) is 0 Å². The number of aromatic nitrogens is 2. The van der Waals surface area contributed by atoms with Gasteiger partial charge in [-0.1, -0.05) is 11.6 Å². The third-order valence-electron chi connectivity index (χ3n) is 2.49. The van der Waals surface area contributed by atoms with E-state index in [0.29, 0.717) is 21.6 Å². The number of pyridine rings is 1. The van der Waals surface area contributed by atoms with Gasteiger partial charge in [-0.25, -0.2) is 9.78 Å². The topological polar surface area (TPSA) is 56.0 Å². The minimum absolute atomic E-state index is 0.239. The first kappa shape index (κ1) is 10.9. The van der Waals surface area contributed by atoms with Gasteiger partial charge in [0.05, 0.1) is 0 Å². The van der Waals surface area contributed by atoms with Gasteiger partial charge in [-0.2, -0.15) is 4.98 Å². The van der Waals surface area contributed by atoms with Gasteiger partial charge >= 0.3 is 5.63 Å². The van der Waals surface area contributed by atoms with E-state index in [1.54, 1.807) is 42.6 Å². The molecular formula is C13H7ClN2O2. The second-order valence-corrected chi connectivity index (χ2v) is 4.12. The summed E-state index contributed by atoms with van der Waals surface area (Å²) in [5.41, 5.74) is 0.612. The van der Waals surface area contributed by atoms with Gasteiger partial charge in [-0.15, -0.1) is 0 Å². The highest BCUT2D eigenvalue weighted by Crippen LogP contribution is 2.19. The first-order valence-electron chi connectivity index (χ1n) is 5.26. The van der Waals surface area contributed by atoms with Crippen molar-refractivity contribution >= 4 is 22.6 Å². The van der Waals surface area contributed by atoms with Crippen molar-refractivity contribution in [2.75, 3.05) is 0 Å². The highest BCUT2D eigenvalue weighted by molar-refractivity contribution is 6.30. The molecule has 4 nitrogen and oxygen atoms in total. The molecule has 0 aliphatic rings. The van der Waals surface area contributed by atoms with Crippen LogP contribution in [0.5, 0.6) is 0 Å². The van der Waals surface area contributed by atoms with Crippen LogP contribution < -0.4 is 5.63 Å². The Balaban J connectivity index is 2.24. The number of rotatable bonds is 1. The van der Waals surface area contributed by atoms with Crippen LogP contribution in [-0.2, 0) is 0 Å². The number of hydrogen-bond acceptors (Lipinski definition) is 4. The molecule has 0 N–H and O–H groups in total. The first-order chi connectivity index (χ1) is 8.74. The van der Waals surface area contributed by atoms with Crippen LogP contribution in [0.25, 0.3) is 22.5 Å². The lowest BCUT2D eigenvalue weighted by Crippen LogP contribution is -2.03. The van der Waals surface area contributed by atoms with Crippen LogP contribution in [0.3, 0.4) is 0 Å². The summed E-state index contributed by atoms with van der Waals surface area (Å²) < 4.78 is 5.17. The van der Waals surface area contributed by atoms with E-state index in [0.717, 1.165) is 0 Å². The summed E-state index contributed by atoms with van der Waals surface area (Å²) in [6, 6.07) is 10.2. The SMILES string of the molecule is O=c1oc(-c2ccc(Cl)cc2)nc2ncccc12. The molecule has 3 rings (SSSR count). The fourth-order valence-electron chi connectivity index (χ4n) is 1.62. The van der Waals surface area contributed by atoms with Crippen LogP contribution in [0.2, 0.25) is 5.02 Å². The molecule has 0 fully saturated rings. The fraction of sp³-hybridized carbons (Fsp3) is 0. The molecule has 5 heteroatoms. The highest BCUT2D eigenvalue weighted by atomic mass is 35.5. The Morgan fingerprint density at radius 2 is 1.89 bits per heavy atom. The molecule has 0 saturated heterocycles. The van der Waals surface area contributed by atoms with E-state index in [1.807, 2.05) is 0 Å². The zero-order valence-electron chi connectivity index (χ0n) is 9.13. The van der Waals surface area contributed by atoms with E-state index >= 15 is 0 Å². The number of hydrogen-bond donors (Lipinski definition) is 0. The fourth-order valence-corrected chi connectivity index (χ4v) is 1.75. The minimum Gasteiger partial charge on any atom is -0.403 e. The summed E-state index contributed by atoms with van der Waals surface area (Å²) in [6.07, 6.45) is 1.58. The molecule has 3 aromatic rings. The summed E-state index contributed by atoms with van der Waals surface area (Å²) in [6.45, 7) is 0. The monoisotopic (exact) mass is 258 g/mol. The molecule has 0 unspecified atom stereocenters. The third-order valence-corrected chi connectivity index (χ3v) is 2.75. The Labute approximate surface area is 107 Å². The molecule has 0 amide bonds. The number of nitrogens with zero attached hydrogens (tertiary/aromatic N) is 2. The molecule has 2 heterocycles. The zero-order valence-corrected chi connectivity index (χ0v) is 9.89. The summed E-state index contributed by atoms with van der Waals surface area (Å²) in [7, 11) is 0. The van der Waals surface area contributed by atoms with Gasteiger partial charge in [-0.05, 0) is 36.4 Å². The van der Waals surface area contributed by atoms with Crippen molar-refractivity contribution in [3.8, 4) is 11.5 Å². The van der Waals surface area contributed by atoms with Crippen LogP contribution in [0.15, 0.2) is 51.8 Å². The molecule has 1 aromatic carbocycles. The van der Waals surface area contributed by atoms with E-state index in [9.17, 15) is 4.79 Å². The largest absolute Gasteiger partial charge is 0.403 e. The molecule has 0 aliphatic carbocycles. The van der Waals surface area contributed by atoms with Gasteiger partial charge in [-0.3, -0.25) is 0 Å². The van der Waals surface area contributed by atoms with Gasteiger partial charge in [0, 0.05) is 16.8 Å². The molecule has 0 radical (unpaired) electrons. The third kappa shape index (κ3) is 1.87. The van der Waals surface area contributed by atoms with Crippen molar-refractivity contribution in [2.45, 2.75) is 0 Å². The highest BCUT2D eigenvalue weighted by Gasteiger charge is 2.08. The lowest BCUT2D eigenvalue weighted by molar-refractivity contribution is 0.517. The quantitative estimate of drug-likeness (QED) is 0.673. The van der Waals surface area contributed by atoms with Gasteiger partial charge in [0.15, 0.2) is 5.65 Å². The molecule has 2 aromatic heterocycles. The molecular weight excluding hydrogens is 252 g/mol. The number of halogens is 1. The molecule has 0 aliphatic heterocycles. The smallest absolute Gasteiger partial charge is 0.348 e. The first-order valence-corrected chi connectivity index (χ1v) is 5.64. The Morgan fingerprint density at radius 1 is 1.11 bits per heavy atom. The van der Waals surface area contributed by atoms with Gasteiger partial charge in [0.1, 0.15) is 5.39 Å². The summed E-state index contributed by atoms with van der Waals surface area (Å²) >= 11 is 5.80. The van der Waals surface area contributed by atoms with E-state index in [2.05, 4.69) is 9.97 Å². The second kappa shape index (κ2) is 4.23. The van der Waals surface area contributed by atoms with Crippen molar-refractivity contribution < 1.29 is 4.42 Å². The van der Waals surface area contributed by atoms with Crippen LogP contribution in [0.4, 0.5) is 0 Å². The molecule has 0 bridgehead atoms. The second-order valence-electron chi connectivity index (χ2n) is 3.69. The standard InChI is InChI=1S/C13H7ClN2O2/c14-9-5-3-8(4-6-9)12-16-11-10(13(17)18-12)2-1-7-15-11/h1-7H. The predicted molar refractivity (Wildman–Crippen MR) is 68.5 cm³/mol. The van der Waals surface area contributed by atoms with E-state index < -0.39 is 5.63 Å². The van der Waals surface area contributed by atoms with E-state index in [-0.39, 0.29) is 5.89 Å². The molecule has 0 atom stereocenters. The maximum atomic E-state index is 11.8. The number of benzene rings is 1. The van der Waals surface area contributed by atoms with Crippen LogP contribution in [-0.4, -0.2) is 9.97 Å². The Morgan fingerprint density at radius 3 is 2.67 bits per heavy atom. The summed E-state index contributed by atoms with van der Waals surface area (Å²) in [5.74, 6) is 0.239. The molecule has 88 valence electrons. The Kier molecular flexibility index (Phi) is 2.57. The molecule has 18 heavy (non-hydrogen) atoms. The summed E-state index contributed by atoms with van der Waals surface area (Å²) in [4.78, 5) is 20.0. The zero-order chi connectivity index (χ0) is 12.5.